The quantitative estimate of drug-likeness (QED) is 0.545. The van der Waals surface area contributed by atoms with Crippen molar-refractivity contribution in [2.75, 3.05) is 6.61 Å². The van der Waals surface area contributed by atoms with Crippen molar-refractivity contribution in [3.8, 4) is 0 Å². The molecule has 120 valence electrons. The van der Waals surface area contributed by atoms with E-state index < -0.39 is 0 Å². The summed E-state index contributed by atoms with van der Waals surface area (Å²) in [6.07, 6.45) is 6.48. The second-order valence-corrected chi connectivity index (χ2v) is 5.26. The molecule has 0 aromatic carbocycles. The fraction of sp³-hybridized carbons (Fsp3) is 0.800. The van der Waals surface area contributed by atoms with Crippen LogP contribution in [0.15, 0.2) is 0 Å². The minimum atomic E-state index is -0.0671. The van der Waals surface area contributed by atoms with Crippen LogP contribution in [0.1, 0.15) is 58.8 Å². The van der Waals surface area contributed by atoms with Gasteiger partial charge in [0.2, 0.25) is 0 Å². The summed E-state index contributed by atoms with van der Waals surface area (Å²) in [5.41, 5.74) is 0. The Morgan fingerprint density at radius 3 is 1.95 bits per heavy atom. The molecule has 3 saturated heterocycles. The van der Waals surface area contributed by atoms with E-state index in [4.69, 9.17) is 4.74 Å². The molecule has 6 heteroatoms. The van der Waals surface area contributed by atoms with Crippen LogP contribution in [0.25, 0.3) is 0 Å². The van der Waals surface area contributed by atoms with Crippen molar-refractivity contribution in [1.82, 2.24) is 0 Å². The van der Waals surface area contributed by atoms with E-state index in [9.17, 15) is 14.4 Å². The highest BCUT2D eigenvalue weighted by Crippen LogP contribution is 2.15. The Bertz CT molecular complexity index is 339. The topological polar surface area (TPSA) is 78.9 Å². The maximum atomic E-state index is 10.5. The van der Waals surface area contributed by atoms with E-state index in [-0.39, 0.29) is 30.1 Å². The summed E-state index contributed by atoms with van der Waals surface area (Å²) in [6, 6.07) is 0. The van der Waals surface area contributed by atoms with Gasteiger partial charge in [-0.2, -0.15) is 0 Å². The van der Waals surface area contributed by atoms with E-state index in [0.717, 1.165) is 25.7 Å². The standard InChI is InChI=1S/C6H10O2.C5H8O2.C4H6O2/c7-6-4-2-1-3-5-8-6;1-2-4-3-5(6)7-4;1-3-2-4(5)6-3/h1-5H2;4H,2-3H2,1H3;3H,2H2,1H3. The fourth-order valence-corrected chi connectivity index (χ4v) is 1.85. The summed E-state index contributed by atoms with van der Waals surface area (Å²) >= 11 is 0. The average molecular weight is 300 g/mol. The molecule has 0 N–H and O–H groups in total. The van der Waals surface area contributed by atoms with Crippen molar-refractivity contribution in [3.05, 3.63) is 0 Å². The Hall–Kier alpha value is -1.59. The first-order chi connectivity index (χ1) is 10.0. The van der Waals surface area contributed by atoms with Crippen LogP contribution in [0.4, 0.5) is 0 Å². The van der Waals surface area contributed by atoms with Crippen molar-refractivity contribution >= 4 is 17.9 Å². The van der Waals surface area contributed by atoms with Gasteiger partial charge in [-0.25, -0.2) is 0 Å². The molecule has 3 rings (SSSR count). The molecule has 3 aliphatic heterocycles. The number of carbonyl (C=O) groups is 3. The van der Waals surface area contributed by atoms with Gasteiger partial charge in [-0.05, 0) is 32.6 Å². The fourth-order valence-electron chi connectivity index (χ4n) is 1.85. The van der Waals surface area contributed by atoms with Gasteiger partial charge in [0.1, 0.15) is 12.2 Å². The molecule has 0 radical (unpaired) electrons. The van der Waals surface area contributed by atoms with Crippen molar-refractivity contribution in [2.24, 2.45) is 0 Å². The van der Waals surface area contributed by atoms with E-state index in [0.29, 0.717) is 25.9 Å². The largest absolute Gasteiger partial charge is 0.466 e. The lowest BCUT2D eigenvalue weighted by atomic mass is 10.1. The molecule has 0 aliphatic carbocycles. The second kappa shape index (κ2) is 9.37. The third-order valence-electron chi connectivity index (χ3n) is 3.22. The molecule has 0 aromatic rings. The molecule has 2 unspecified atom stereocenters. The van der Waals surface area contributed by atoms with Gasteiger partial charge in [-0.15, -0.1) is 0 Å². The SMILES string of the molecule is CC1CC(=O)O1.CCC1CC(=O)O1.O=C1CCCCCO1. The van der Waals surface area contributed by atoms with Gasteiger partial charge in [-0.3, -0.25) is 14.4 Å². The Morgan fingerprint density at radius 1 is 0.952 bits per heavy atom. The van der Waals surface area contributed by atoms with Gasteiger partial charge < -0.3 is 14.2 Å². The third kappa shape index (κ3) is 7.68. The molecular weight excluding hydrogens is 276 g/mol. The lowest BCUT2D eigenvalue weighted by Gasteiger charge is -2.23. The van der Waals surface area contributed by atoms with E-state index in [1.807, 2.05) is 13.8 Å². The van der Waals surface area contributed by atoms with E-state index in [1.54, 1.807) is 0 Å². The van der Waals surface area contributed by atoms with Crippen molar-refractivity contribution in [3.63, 3.8) is 0 Å². The van der Waals surface area contributed by atoms with Gasteiger partial charge >= 0.3 is 17.9 Å². The van der Waals surface area contributed by atoms with Crippen LogP contribution in [-0.4, -0.2) is 36.7 Å². The first-order valence-corrected chi connectivity index (χ1v) is 7.55. The molecule has 2 atom stereocenters. The monoisotopic (exact) mass is 300 g/mol. The Labute approximate surface area is 125 Å². The predicted molar refractivity (Wildman–Crippen MR) is 74.4 cm³/mol. The highest BCUT2D eigenvalue weighted by atomic mass is 16.6. The molecule has 6 nitrogen and oxygen atoms in total. The minimum Gasteiger partial charge on any atom is -0.466 e. The van der Waals surface area contributed by atoms with Gasteiger partial charge in [0.05, 0.1) is 19.4 Å². The highest BCUT2D eigenvalue weighted by molar-refractivity contribution is 5.75. The highest BCUT2D eigenvalue weighted by Gasteiger charge is 2.25. The first kappa shape index (κ1) is 17.5. The molecule has 3 aliphatic rings. The molecule has 0 aromatic heterocycles. The van der Waals surface area contributed by atoms with Crippen molar-refractivity contribution < 1.29 is 28.6 Å². The lowest BCUT2D eigenvalue weighted by Crippen LogP contribution is -2.31. The molecule has 0 amide bonds. The Kier molecular flexibility index (Phi) is 7.79. The van der Waals surface area contributed by atoms with Crippen LogP contribution in [-0.2, 0) is 28.6 Å². The van der Waals surface area contributed by atoms with Gasteiger partial charge in [0.15, 0.2) is 0 Å². The maximum Gasteiger partial charge on any atom is 0.309 e. The van der Waals surface area contributed by atoms with Crippen molar-refractivity contribution in [2.45, 2.75) is 71.0 Å². The lowest BCUT2D eigenvalue weighted by molar-refractivity contribution is -0.169. The zero-order valence-electron chi connectivity index (χ0n) is 12.8. The van der Waals surface area contributed by atoms with Crippen molar-refractivity contribution in [1.29, 1.82) is 0 Å². The molecule has 0 saturated carbocycles. The number of hydrogen-bond donors (Lipinski definition) is 0. The van der Waals surface area contributed by atoms with Gasteiger partial charge in [0, 0.05) is 6.42 Å². The second-order valence-electron chi connectivity index (χ2n) is 5.26. The smallest absolute Gasteiger partial charge is 0.309 e. The summed E-state index contributed by atoms with van der Waals surface area (Å²) < 4.78 is 13.9. The molecule has 3 heterocycles. The normalized spacial score (nSPS) is 26.9. The van der Waals surface area contributed by atoms with E-state index in [2.05, 4.69) is 9.47 Å². The summed E-state index contributed by atoms with van der Waals surface area (Å²) in [5, 5.41) is 0. The van der Waals surface area contributed by atoms with E-state index in [1.165, 1.54) is 0 Å². The summed E-state index contributed by atoms with van der Waals surface area (Å²) in [4.78, 5) is 30.4. The number of hydrogen-bond acceptors (Lipinski definition) is 6. The van der Waals surface area contributed by atoms with Crippen LogP contribution in [0.5, 0.6) is 0 Å². The third-order valence-corrected chi connectivity index (χ3v) is 3.22. The average Bonchev–Trinajstić information content (AvgIpc) is 2.63. The molecule has 0 bridgehead atoms. The molecule has 3 fully saturated rings. The predicted octanol–water partition coefficient (Wildman–Crippen LogP) is 2.14. The summed E-state index contributed by atoms with van der Waals surface area (Å²) in [6.45, 7) is 4.53. The van der Waals surface area contributed by atoms with Crippen LogP contribution in [0.2, 0.25) is 0 Å². The van der Waals surface area contributed by atoms with Crippen LogP contribution < -0.4 is 0 Å². The number of ether oxygens (including phenoxy) is 3. The molecule has 0 spiro atoms. The van der Waals surface area contributed by atoms with E-state index >= 15 is 0 Å². The zero-order chi connectivity index (χ0) is 15.7. The molecule has 21 heavy (non-hydrogen) atoms. The Balaban J connectivity index is 0.000000159. The zero-order valence-corrected chi connectivity index (χ0v) is 12.8. The first-order valence-electron chi connectivity index (χ1n) is 7.55. The van der Waals surface area contributed by atoms with Gasteiger partial charge in [0.25, 0.3) is 0 Å². The minimum absolute atomic E-state index is 0.0255. The maximum absolute atomic E-state index is 10.5. The summed E-state index contributed by atoms with van der Waals surface area (Å²) in [7, 11) is 0. The van der Waals surface area contributed by atoms with Gasteiger partial charge in [-0.1, -0.05) is 6.92 Å². The number of cyclic esters (lactones) is 3. The van der Waals surface area contributed by atoms with Crippen LogP contribution in [0.3, 0.4) is 0 Å². The number of esters is 3. The summed E-state index contributed by atoms with van der Waals surface area (Å²) in [5.74, 6) is -0.142. The number of rotatable bonds is 1. The van der Waals surface area contributed by atoms with Crippen LogP contribution >= 0.6 is 0 Å². The number of carbonyl (C=O) groups excluding carboxylic acids is 3. The molecular formula is C15H24O6. The van der Waals surface area contributed by atoms with Crippen LogP contribution in [0, 0.1) is 0 Å². The Morgan fingerprint density at radius 2 is 1.57 bits per heavy atom.